The summed E-state index contributed by atoms with van der Waals surface area (Å²) >= 11 is 0. The molecule has 1 atom stereocenters. The maximum Gasteiger partial charge on any atom is 0.303 e. The molecule has 0 aromatic heterocycles. The second-order valence-corrected chi connectivity index (χ2v) is 6.98. The van der Waals surface area contributed by atoms with E-state index in [1.165, 1.54) is 0 Å². The van der Waals surface area contributed by atoms with Gasteiger partial charge in [0, 0.05) is 31.1 Å². The van der Waals surface area contributed by atoms with Crippen molar-refractivity contribution in [2.45, 2.75) is 52.0 Å². The number of carbonyl (C=O) groups excluding carboxylic acids is 1. The van der Waals surface area contributed by atoms with Crippen molar-refractivity contribution in [2.24, 2.45) is 0 Å². The molecule has 0 aliphatic carbocycles. The van der Waals surface area contributed by atoms with Gasteiger partial charge in [0.15, 0.2) is 0 Å². The molecule has 1 aliphatic rings. The summed E-state index contributed by atoms with van der Waals surface area (Å²) in [6, 6.07) is 7.31. The fraction of sp³-hybridized carbons (Fsp3) is 0.619. The number of likely N-dealkylation sites (tertiary alicyclic amines) is 1. The lowest BCUT2D eigenvalue weighted by atomic mass is 9.97. The molecular weight excluding hydrogens is 344 g/mol. The number of rotatable bonds is 10. The number of carbonyl (C=O) groups is 2. The van der Waals surface area contributed by atoms with Crippen LogP contribution in [-0.2, 0) is 4.79 Å². The number of piperidine rings is 1. The average Bonchev–Trinajstić information content (AvgIpc) is 2.70. The number of hydrogen-bond acceptors (Lipinski definition) is 4. The first-order valence-electron chi connectivity index (χ1n) is 10.0. The van der Waals surface area contributed by atoms with E-state index in [9.17, 15) is 9.59 Å². The van der Waals surface area contributed by atoms with Gasteiger partial charge in [-0.25, -0.2) is 0 Å². The maximum absolute atomic E-state index is 12.9. The lowest BCUT2D eigenvalue weighted by molar-refractivity contribution is -0.137. The van der Waals surface area contributed by atoms with E-state index in [0.717, 1.165) is 44.6 Å². The Morgan fingerprint density at radius 2 is 1.89 bits per heavy atom. The van der Waals surface area contributed by atoms with Gasteiger partial charge < -0.3 is 19.6 Å². The molecule has 0 bridgehead atoms. The number of hydrogen-bond donors (Lipinski definition) is 1. The molecule has 1 saturated heterocycles. The van der Waals surface area contributed by atoms with Crippen LogP contribution in [0.1, 0.15) is 56.3 Å². The van der Waals surface area contributed by atoms with Crippen LogP contribution < -0.4 is 4.74 Å². The summed E-state index contributed by atoms with van der Waals surface area (Å²) < 4.78 is 5.77. The van der Waals surface area contributed by atoms with E-state index in [2.05, 4.69) is 18.7 Å². The van der Waals surface area contributed by atoms with Gasteiger partial charge in [0.2, 0.25) is 0 Å². The normalized spacial score (nSPS) is 17.1. The predicted molar refractivity (Wildman–Crippen MR) is 105 cm³/mol. The Morgan fingerprint density at radius 1 is 1.19 bits per heavy atom. The molecule has 27 heavy (non-hydrogen) atoms. The summed E-state index contributed by atoms with van der Waals surface area (Å²) in [7, 11) is 0. The molecule has 150 valence electrons. The summed E-state index contributed by atoms with van der Waals surface area (Å²) in [6.45, 7) is 8.48. The van der Waals surface area contributed by atoms with Crippen molar-refractivity contribution in [3.63, 3.8) is 0 Å². The first-order chi connectivity index (χ1) is 13.0. The van der Waals surface area contributed by atoms with Gasteiger partial charge in [-0.05, 0) is 63.0 Å². The van der Waals surface area contributed by atoms with E-state index < -0.39 is 5.97 Å². The largest absolute Gasteiger partial charge is 0.492 e. The first kappa shape index (κ1) is 21.2. The highest BCUT2D eigenvalue weighted by molar-refractivity contribution is 5.94. The van der Waals surface area contributed by atoms with Crippen molar-refractivity contribution in [1.29, 1.82) is 0 Å². The van der Waals surface area contributed by atoms with Gasteiger partial charge in [-0.2, -0.15) is 0 Å². The molecule has 1 aliphatic heterocycles. The first-order valence-corrected chi connectivity index (χ1v) is 10.0. The Balaban J connectivity index is 1.92. The topological polar surface area (TPSA) is 70.1 Å². The summed E-state index contributed by atoms with van der Waals surface area (Å²) in [4.78, 5) is 27.9. The van der Waals surface area contributed by atoms with Crippen molar-refractivity contribution in [1.82, 2.24) is 9.80 Å². The van der Waals surface area contributed by atoms with Crippen molar-refractivity contribution in [3.8, 4) is 5.75 Å². The van der Waals surface area contributed by atoms with Gasteiger partial charge in [-0.15, -0.1) is 0 Å². The number of likely N-dealkylation sites (N-methyl/N-ethyl adjacent to an activating group) is 1. The minimum atomic E-state index is -0.806. The van der Waals surface area contributed by atoms with Gasteiger partial charge in [0.1, 0.15) is 12.4 Å². The number of carboxylic acids is 1. The molecule has 1 fully saturated rings. The van der Waals surface area contributed by atoms with Crippen molar-refractivity contribution < 1.29 is 19.4 Å². The number of benzene rings is 1. The van der Waals surface area contributed by atoms with Crippen LogP contribution in [-0.4, -0.2) is 65.6 Å². The molecule has 1 amide bonds. The van der Waals surface area contributed by atoms with E-state index in [0.29, 0.717) is 25.1 Å². The van der Waals surface area contributed by atoms with Crippen molar-refractivity contribution in [3.05, 3.63) is 29.8 Å². The highest BCUT2D eigenvalue weighted by Crippen LogP contribution is 2.24. The molecule has 0 saturated carbocycles. The molecule has 2 rings (SSSR count). The van der Waals surface area contributed by atoms with Crippen LogP contribution in [0.2, 0.25) is 0 Å². The number of amides is 1. The van der Waals surface area contributed by atoms with Crippen LogP contribution in [0.15, 0.2) is 24.3 Å². The SMILES string of the molecule is CCN(CC)CCOc1ccc(C(=O)N2CCCCC2CCC(=O)O)cc1. The lowest BCUT2D eigenvalue weighted by Crippen LogP contribution is -2.43. The average molecular weight is 376 g/mol. The smallest absolute Gasteiger partial charge is 0.303 e. The van der Waals surface area contributed by atoms with Crippen LogP contribution in [0.5, 0.6) is 5.75 Å². The fourth-order valence-electron chi connectivity index (χ4n) is 3.55. The zero-order valence-corrected chi connectivity index (χ0v) is 16.5. The Kier molecular flexibility index (Phi) is 8.58. The Bertz CT molecular complexity index is 599. The van der Waals surface area contributed by atoms with E-state index in [1.54, 1.807) is 12.1 Å². The molecule has 1 heterocycles. The van der Waals surface area contributed by atoms with E-state index >= 15 is 0 Å². The number of nitrogens with zero attached hydrogens (tertiary/aromatic N) is 2. The summed E-state index contributed by atoms with van der Waals surface area (Å²) in [5, 5.41) is 8.93. The monoisotopic (exact) mass is 376 g/mol. The molecular formula is C21H32N2O4. The van der Waals surface area contributed by atoms with Gasteiger partial charge in [-0.3, -0.25) is 9.59 Å². The summed E-state index contributed by atoms with van der Waals surface area (Å²) in [6.07, 6.45) is 3.53. The molecule has 6 nitrogen and oxygen atoms in total. The van der Waals surface area contributed by atoms with Gasteiger partial charge in [0.25, 0.3) is 5.91 Å². The Labute approximate surface area is 162 Å². The molecule has 1 unspecified atom stereocenters. The summed E-state index contributed by atoms with van der Waals surface area (Å²) in [5.74, 6) is -0.0567. The zero-order chi connectivity index (χ0) is 19.6. The van der Waals surface area contributed by atoms with E-state index in [-0.39, 0.29) is 18.4 Å². The lowest BCUT2D eigenvalue weighted by Gasteiger charge is -2.35. The Morgan fingerprint density at radius 3 is 2.52 bits per heavy atom. The third-order valence-electron chi connectivity index (χ3n) is 5.25. The number of carboxylic acid groups (broad SMARTS) is 1. The zero-order valence-electron chi connectivity index (χ0n) is 16.5. The molecule has 1 aromatic rings. The van der Waals surface area contributed by atoms with Crippen LogP contribution in [0.3, 0.4) is 0 Å². The molecule has 6 heteroatoms. The molecule has 0 radical (unpaired) electrons. The minimum absolute atomic E-state index is 0.0141. The third kappa shape index (κ3) is 6.54. The number of ether oxygens (including phenoxy) is 1. The van der Waals surface area contributed by atoms with Crippen LogP contribution in [0.25, 0.3) is 0 Å². The highest BCUT2D eigenvalue weighted by Gasteiger charge is 2.27. The van der Waals surface area contributed by atoms with Crippen LogP contribution in [0, 0.1) is 0 Å². The minimum Gasteiger partial charge on any atom is -0.492 e. The highest BCUT2D eigenvalue weighted by atomic mass is 16.5. The predicted octanol–water partition coefficient (Wildman–Crippen LogP) is 3.27. The molecule has 1 aromatic carbocycles. The van der Waals surface area contributed by atoms with Crippen molar-refractivity contribution >= 4 is 11.9 Å². The second kappa shape index (κ2) is 10.9. The summed E-state index contributed by atoms with van der Waals surface area (Å²) in [5.41, 5.74) is 0.633. The van der Waals surface area contributed by atoms with Crippen molar-refractivity contribution in [2.75, 3.05) is 32.8 Å². The molecule has 1 N–H and O–H groups in total. The van der Waals surface area contributed by atoms with Gasteiger partial charge in [0.05, 0.1) is 0 Å². The number of aliphatic carboxylic acids is 1. The van der Waals surface area contributed by atoms with Gasteiger partial charge >= 0.3 is 5.97 Å². The van der Waals surface area contributed by atoms with E-state index in [1.807, 2.05) is 17.0 Å². The quantitative estimate of drug-likeness (QED) is 0.679. The maximum atomic E-state index is 12.9. The standard InChI is InChI=1S/C21H32N2O4/c1-3-22(4-2)15-16-27-19-11-8-17(9-12-19)21(26)23-14-6-5-7-18(23)10-13-20(24)25/h8-9,11-12,18H,3-7,10,13-16H2,1-2H3,(H,24,25). The fourth-order valence-corrected chi connectivity index (χ4v) is 3.55. The third-order valence-corrected chi connectivity index (χ3v) is 5.25. The Hall–Kier alpha value is -2.08. The van der Waals surface area contributed by atoms with Gasteiger partial charge in [-0.1, -0.05) is 13.8 Å². The van der Waals surface area contributed by atoms with Crippen LogP contribution in [0.4, 0.5) is 0 Å². The van der Waals surface area contributed by atoms with E-state index in [4.69, 9.17) is 9.84 Å². The molecule has 0 spiro atoms. The second-order valence-electron chi connectivity index (χ2n) is 6.98. The van der Waals surface area contributed by atoms with Crippen LogP contribution >= 0.6 is 0 Å².